The first kappa shape index (κ1) is 35.7. The number of nitrogens with zero attached hydrogens (tertiary/aromatic N) is 4. The van der Waals surface area contributed by atoms with Gasteiger partial charge in [-0.1, -0.05) is 0 Å². The molecular formula is C26H52N4O9Si2+2. The van der Waals surface area contributed by atoms with Gasteiger partial charge in [-0.3, -0.25) is 0 Å². The Labute approximate surface area is 247 Å². The molecule has 0 unspecified atom stereocenters. The van der Waals surface area contributed by atoms with Crippen LogP contribution in [0.5, 0.6) is 0 Å². The number of imidazole rings is 2. The monoisotopic (exact) mass is 620 g/mol. The van der Waals surface area contributed by atoms with Crippen LogP contribution in [0.1, 0.15) is 12.8 Å². The van der Waals surface area contributed by atoms with Gasteiger partial charge in [-0.2, -0.15) is 0 Å². The predicted molar refractivity (Wildman–Crippen MR) is 154 cm³/mol. The SMILES string of the molecule is CO[Si](CCC[n+]1ccn(CCOCCOCCOCCn2cc[n+](CCC[Si](OC)(OC)OC)c2)c1)(OC)OC. The van der Waals surface area contributed by atoms with Crippen LogP contribution in [0.2, 0.25) is 12.1 Å². The number of hydrogen-bond acceptors (Lipinski definition) is 9. The minimum atomic E-state index is -2.51. The highest BCUT2D eigenvalue weighted by Crippen LogP contribution is 2.15. The lowest BCUT2D eigenvalue weighted by atomic mass is 10.5. The average molecular weight is 621 g/mol. The second-order valence-corrected chi connectivity index (χ2v) is 15.6. The number of ether oxygens (including phenoxy) is 3. The molecule has 0 spiro atoms. The van der Waals surface area contributed by atoms with Crippen molar-refractivity contribution in [2.75, 3.05) is 82.3 Å². The lowest BCUT2D eigenvalue weighted by Crippen LogP contribution is -2.43. The van der Waals surface area contributed by atoms with Crippen LogP contribution in [-0.2, 0) is 66.9 Å². The molecule has 0 fully saturated rings. The molecule has 41 heavy (non-hydrogen) atoms. The molecule has 0 radical (unpaired) electrons. The molecule has 0 saturated carbocycles. The van der Waals surface area contributed by atoms with Crippen molar-refractivity contribution in [1.29, 1.82) is 0 Å². The summed E-state index contributed by atoms with van der Waals surface area (Å²) in [6.45, 7) is 6.82. The zero-order valence-electron chi connectivity index (χ0n) is 25.8. The summed E-state index contributed by atoms with van der Waals surface area (Å²) in [6.07, 6.45) is 14.2. The van der Waals surface area contributed by atoms with Crippen molar-refractivity contribution in [2.45, 2.75) is 51.1 Å². The van der Waals surface area contributed by atoms with E-state index in [1.54, 1.807) is 42.7 Å². The van der Waals surface area contributed by atoms with Gasteiger partial charge in [0.25, 0.3) is 0 Å². The van der Waals surface area contributed by atoms with Crippen LogP contribution in [0, 0.1) is 0 Å². The van der Waals surface area contributed by atoms with Crippen molar-refractivity contribution in [3.63, 3.8) is 0 Å². The van der Waals surface area contributed by atoms with Crippen molar-refractivity contribution in [1.82, 2.24) is 9.13 Å². The molecule has 0 saturated heterocycles. The standard InChI is InChI=1S/C26H52N4O9Si2/c1-31-40(32-2,33-3)23-7-9-27-11-13-29(25-27)15-17-37-19-21-39-22-20-38-18-16-30-14-12-28(26-30)10-8-24-41(34-4,35-5)36-6/h11-14,25-26H,7-10,15-24H2,1-6H3/q+2. The third kappa shape index (κ3) is 13.1. The average Bonchev–Trinajstić information content (AvgIpc) is 3.66. The zero-order chi connectivity index (χ0) is 29.8. The highest BCUT2D eigenvalue weighted by molar-refractivity contribution is 6.60. The van der Waals surface area contributed by atoms with Crippen molar-refractivity contribution in [3.8, 4) is 0 Å². The van der Waals surface area contributed by atoms with Gasteiger partial charge in [0.05, 0.1) is 52.7 Å². The van der Waals surface area contributed by atoms with Gasteiger partial charge in [0.2, 0.25) is 12.7 Å². The van der Waals surface area contributed by atoms with E-state index in [4.69, 9.17) is 40.8 Å². The van der Waals surface area contributed by atoms with Gasteiger partial charge in [-0.15, -0.1) is 0 Å². The summed E-state index contributed by atoms with van der Waals surface area (Å²) in [4.78, 5) is 0. The van der Waals surface area contributed by atoms with Gasteiger partial charge in [0.15, 0.2) is 0 Å². The van der Waals surface area contributed by atoms with Crippen molar-refractivity contribution < 1.29 is 49.9 Å². The molecule has 0 aromatic carbocycles. The van der Waals surface area contributed by atoms with Gasteiger partial charge >= 0.3 is 17.6 Å². The van der Waals surface area contributed by atoms with Crippen LogP contribution in [-0.4, -0.2) is 109 Å². The Morgan fingerprint density at radius 3 is 1.20 bits per heavy atom. The smallest absolute Gasteiger partial charge is 0.377 e. The first-order valence-electron chi connectivity index (χ1n) is 14.1. The summed E-state index contributed by atoms with van der Waals surface area (Å²) >= 11 is 0. The minimum Gasteiger partial charge on any atom is -0.377 e. The minimum absolute atomic E-state index is 0.552. The highest BCUT2D eigenvalue weighted by Gasteiger charge is 2.38. The van der Waals surface area contributed by atoms with E-state index in [-0.39, 0.29) is 0 Å². The largest absolute Gasteiger partial charge is 0.500 e. The summed E-state index contributed by atoms with van der Waals surface area (Å²) in [5, 5.41) is 0. The first-order valence-corrected chi connectivity index (χ1v) is 18.0. The molecule has 2 aromatic heterocycles. The summed E-state index contributed by atoms with van der Waals surface area (Å²) in [5.41, 5.74) is 0. The van der Waals surface area contributed by atoms with Gasteiger partial charge in [0.1, 0.15) is 37.9 Å². The van der Waals surface area contributed by atoms with Crippen LogP contribution >= 0.6 is 0 Å². The van der Waals surface area contributed by atoms with E-state index in [9.17, 15) is 0 Å². The maximum absolute atomic E-state index is 5.71. The molecule has 0 aliphatic carbocycles. The fourth-order valence-corrected chi connectivity index (χ4v) is 7.76. The predicted octanol–water partition coefficient (Wildman–Crippen LogP) is 1.15. The van der Waals surface area contributed by atoms with Crippen LogP contribution in [0.25, 0.3) is 0 Å². The van der Waals surface area contributed by atoms with Gasteiger partial charge < -0.3 is 40.8 Å². The van der Waals surface area contributed by atoms with E-state index < -0.39 is 17.6 Å². The fraction of sp³-hybridized carbons (Fsp3) is 0.769. The molecule has 0 bridgehead atoms. The van der Waals surface area contributed by atoms with E-state index in [0.29, 0.717) is 39.6 Å². The topological polar surface area (TPSA) is 101 Å². The molecule has 236 valence electrons. The van der Waals surface area contributed by atoms with Crippen molar-refractivity contribution in [3.05, 3.63) is 37.4 Å². The number of aromatic nitrogens is 4. The molecule has 2 aromatic rings. The Hall–Kier alpha value is -1.51. The highest BCUT2D eigenvalue weighted by atomic mass is 28.4. The summed E-state index contributed by atoms with van der Waals surface area (Å²) in [6, 6.07) is 1.55. The summed E-state index contributed by atoms with van der Waals surface area (Å²) in [5.74, 6) is 0. The third-order valence-corrected chi connectivity index (χ3v) is 12.6. The maximum atomic E-state index is 5.71. The third-order valence-electron chi connectivity index (χ3n) is 6.89. The molecule has 0 atom stereocenters. The maximum Gasteiger partial charge on any atom is 0.500 e. The van der Waals surface area contributed by atoms with Crippen LogP contribution in [0.4, 0.5) is 0 Å². The Kier molecular flexibility index (Phi) is 17.8. The second kappa shape index (κ2) is 20.4. The van der Waals surface area contributed by atoms with Gasteiger partial charge in [0, 0.05) is 54.7 Å². The van der Waals surface area contributed by atoms with E-state index in [2.05, 4.69) is 55.7 Å². The second-order valence-electron chi connectivity index (χ2n) is 9.41. The Bertz CT molecular complexity index is 838. The number of rotatable bonds is 26. The van der Waals surface area contributed by atoms with E-state index in [0.717, 1.165) is 51.1 Å². The zero-order valence-corrected chi connectivity index (χ0v) is 27.8. The van der Waals surface area contributed by atoms with Crippen molar-refractivity contribution in [2.24, 2.45) is 0 Å². The molecule has 0 amide bonds. The van der Waals surface area contributed by atoms with E-state index in [1.165, 1.54) is 0 Å². The number of hydrogen-bond donors (Lipinski definition) is 0. The molecule has 0 N–H and O–H groups in total. The Morgan fingerprint density at radius 2 is 0.854 bits per heavy atom. The normalized spacial score (nSPS) is 12.4. The van der Waals surface area contributed by atoms with Crippen LogP contribution < -0.4 is 9.13 Å². The van der Waals surface area contributed by atoms with E-state index >= 15 is 0 Å². The van der Waals surface area contributed by atoms with E-state index in [1.807, 2.05) is 0 Å². The Morgan fingerprint density at radius 1 is 0.512 bits per heavy atom. The quantitative estimate of drug-likeness (QED) is 0.0871. The lowest BCUT2D eigenvalue weighted by molar-refractivity contribution is -0.696. The number of aryl methyl sites for hydroxylation is 2. The summed E-state index contributed by atoms with van der Waals surface area (Å²) < 4.78 is 58.4. The van der Waals surface area contributed by atoms with Crippen LogP contribution in [0.15, 0.2) is 37.4 Å². The Balaban J connectivity index is 1.44. The lowest BCUT2D eigenvalue weighted by Gasteiger charge is -2.23. The molecular weight excluding hydrogens is 568 g/mol. The molecule has 0 aliphatic heterocycles. The molecule has 2 heterocycles. The molecule has 15 heteroatoms. The molecule has 2 rings (SSSR count). The van der Waals surface area contributed by atoms with Crippen LogP contribution in [0.3, 0.4) is 0 Å². The fourth-order valence-electron chi connectivity index (χ4n) is 4.36. The first-order chi connectivity index (χ1) is 20.0. The molecule has 0 aliphatic rings. The van der Waals surface area contributed by atoms with Gasteiger partial charge in [-0.25, -0.2) is 18.3 Å². The molecule has 13 nitrogen and oxygen atoms in total. The summed E-state index contributed by atoms with van der Waals surface area (Å²) in [7, 11) is 4.86. The van der Waals surface area contributed by atoms with Gasteiger partial charge in [-0.05, 0) is 12.8 Å². The van der Waals surface area contributed by atoms with Crippen molar-refractivity contribution >= 4 is 17.6 Å².